The number of rotatable bonds is 4. The standard InChI is InChI=1S/C25H21N3O3/c29-24-13-8-16(14-23(24)28(30)31)15-26-18-11-9-17(10-12-18)25-21-6-3-5-19(21)20-4-1-2-7-22(20)27-25/h1-5,7-15,19,21,25,27,29H,6H2/t19-,21+,25-/m0/s1. The van der Waals surface area contributed by atoms with E-state index in [1.54, 1.807) is 12.3 Å². The number of phenols is 1. The van der Waals surface area contributed by atoms with Gasteiger partial charge < -0.3 is 10.4 Å². The zero-order valence-electron chi connectivity index (χ0n) is 16.7. The summed E-state index contributed by atoms with van der Waals surface area (Å²) < 4.78 is 0. The van der Waals surface area contributed by atoms with Crippen LogP contribution in [-0.4, -0.2) is 16.2 Å². The van der Waals surface area contributed by atoms with E-state index in [2.05, 4.69) is 58.9 Å². The summed E-state index contributed by atoms with van der Waals surface area (Å²) in [4.78, 5) is 14.8. The quantitative estimate of drug-likeness (QED) is 0.243. The van der Waals surface area contributed by atoms with Gasteiger partial charge in [-0.3, -0.25) is 15.1 Å². The molecule has 3 aromatic rings. The minimum absolute atomic E-state index is 0.229. The van der Waals surface area contributed by atoms with Crippen LogP contribution >= 0.6 is 0 Å². The van der Waals surface area contributed by atoms with Crippen molar-refractivity contribution in [3.63, 3.8) is 0 Å². The minimum Gasteiger partial charge on any atom is -0.502 e. The van der Waals surface area contributed by atoms with Crippen molar-refractivity contribution in [2.45, 2.75) is 18.4 Å². The summed E-state index contributed by atoms with van der Waals surface area (Å²) in [5.41, 5.74) is 4.75. The largest absolute Gasteiger partial charge is 0.502 e. The first-order valence-corrected chi connectivity index (χ1v) is 10.2. The number of para-hydroxylation sites is 1. The summed E-state index contributed by atoms with van der Waals surface area (Å²) >= 11 is 0. The first kappa shape index (κ1) is 19.1. The Labute approximate surface area is 179 Å². The van der Waals surface area contributed by atoms with Gasteiger partial charge in [-0.25, -0.2) is 0 Å². The average Bonchev–Trinajstić information content (AvgIpc) is 3.28. The van der Waals surface area contributed by atoms with Crippen LogP contribution < -0.4 is 5.32 Å². The molecule has 0 amide bonds. The van der Waals surface area contributed by atoms with Gasteiger partial charge in [0.25, 0.3) is 0 Å². The third-order valence-electron chi connectivity index (χ3n) is 6.08. The number of nitro benzene ring substituents is 1. The predicted molar refractivity (Wildman–Crippen MR) is 121 cm³/mol. The molecule has 0 spiro atoms. The lowest BCUT2D eigenvalue weighted by Crippen LogP contribution is -2.28. The van der Waals surface area contributed by atoms with Crippen LogP contribution in [0.2, 0.25) is 0 Å². The molecule has 5 rings (SSSR count). The molecule has 3 aromatic carbocycles. The summed E-state index contributed by atoms with van der Waals surface area (Å²) in [6.45, 7) is 0. The molecule has 6 nitrogen and oxygen atoms in total. The maximum atomic E-state index is 11.0. The highest BCUT2D eigenvalue weighted by Gasteiger charge is 2.37. The van der Waals surface area contributed by atoms with E-state index in [1.807, 2.05) is 12.1 Å². The number of aromatic hydroxyl groups is 1. The van der Waals surface area contributed by atoms with Gasteiger partial charge >= 0.3 is 5.69 Å². The van der Waals surface area contributed by atoms with Crippen molar-refractivity contribution < 1.29 is 10.0 Å². The fourth-order valence-electron chi connectivity index (χ4n) is 4.56. The molecule has 0 radical (unpaired) electrons. The van der Waals surface area contributed by atoms with Gasteiger partial charge in [0, 0.05) is 23.9 Å². The Kier molecular flexibility index (Phi) is 4.75. The summed E-state index contributed by atoms with van der Waals surface area (Å²) in [5, 5.41) is 24.3. The number of benzene rings is 3. The molecule has 0 unspecified atom stereocenters. The lowest BCUT2D eigenvalue weighted by atomic mass is 9.77. The van der Waals surface area contributed by atoms with Gasteiger partial charge in [-0.2, -0.15) is 0 Å². The molecule has 1 aliphatic carbocycles. The highest BCUT2D eigenvalue weighted by atomic mass is 16.6. The fraction of sp³-hybridized carbons (Fsp3) is 0.160. The van der Waals surface area contributed by atoms with Crippen molar-refractivity contribution in [2.75, 3.05) is 5.32 Å². The van der Waals surface area contributed by atoms with Gasteiger partial charge in [0.2, 0.25) is 0 Å². The minimum atomic E-state index is -0.609. The first-order chi connectivity index (χ1) is 15.1. The van der Waals surface area contributed by atoms with Crippen molar-refractivity contribution >= 4 is 23.3 Å². The number of allylic oxidation sites excluding steroid dienone is 2. The lowest BCUT2D eigenvalue weighted by Gasteiger charge is -2.37. The molecule has 2 aliphatic rings. The summed E-state index contributed by atoms with van der Waals surface area (Å²) in [5.74, 6) is 0.569. The number of aliphatic imine (C=N–C) groups is 1. The average molecular weight is 411 g/mol. The van der Waals surface area contributed by atoms with Crippen LogP contribution in [0.15, 0.2) is 83.9 Å². The molecule has 0 bridgehead atoms. The summed E-state index contributed by atoms with van der Waals surface area (Å²) in [7, 11) is 0. The number of nitrogens with one attached hydrogen (secondary N) is 1. The van der Waals surface area contributed by atoms with Gasteiger partial charge in [0.1, 0.15) is 0 Å². The number of nitro groups is 1. The van der Waals surface area contributed by atoms with Gasteiger partial charge in [-0.05, 0) is 59.4 Å². The molecule has 0 saturated carbocycles. The molecule has 0 saturated heterocycles. The van der Waals surface area contributed by atoms with Crippen LogP contribution in [0.3, 0.4) is 0 Å². The monoisotopic (exact) mass is 411 g/mol. The Bertz CT molecular complexity index is 1200. The third-order valence-corrected chi connectivity index (χ3v) is 6.08. The van der Waals surface area contributed by atoms with Crippen LogP contribution in [0.4, 0.5) is 17.1 Å². The van der Waals surface area contributed by atoms with Crippen LogP contribution in [-0.2, 0) is 0 Å². The van der Waals surface area contributed by atoms with E-state index in [0.717, 1.165) is 12.1 Å². The smallest absolute Gasteiger partial charge is 0.311 e. The van der Waals surface area contributed by atoms with E-state index in [-0.39, 0.29) is 17.5 Å². The number of anilines is 1. The molecule has 2 N–H and O–H groups in total. The summed E-state index contributed by atoms with van der Waals surface area (Å²) in [6.07, 6.45) is 7.22. The Morgan fingerprint density at radius 3 is 2.71 bits per heavy atom. The van der Waals surface area contributed by atoms with E-state index in [9.17, 15) is 15.2 Å². The van der Waals surface area contributed by atoms with E-state index >= 15 is 0 Å². The predicted octanol–water partition coefficient (Wildman–Crippen LogP) is 5.88. The zero-order valence-corrected chi connectivity index (χ0v) is 16.7. The number of hydrogen-bond acceptors (Lipinski definition) is 5. The van der Waals surface area contributed by atoms with Crippen molar-refractivity contribution in [2.24, 2.45) is 10.9 Å². The topological polar surface area (TPSA) is 87.8 Å². The molecule has 3 atom stereocenters. The van der Waals surface area contributed by atoms with Crippen LogP contribution in [0.1, 0.15) is 35.1 Å². The highest BCUT2D eigenvalue weighted by molar-refractivity contribution is 5.83. The molecular weight excluding hydrogens is 390 g/mol. The molecule has 1 aliphatic heterocycles. The second-order valence-electron chi connectivity index (χ2n) is 7.92. The van der Waals surface area contributed by atoms with E-state index in [1.165, 1.54) is 28.9 Å². The van der Waals surface area contributed by atoms with Crippen LogP contribution in [0, 0.1) is 16.0 Å². The van der Waals surface area contributed by atoms with E-state index < -0.39 is 4.92 Å². The third kappa shape index (κ3) is 3.57. The number of hydrogen-bond donors (Lipinski definition) is 2. The second kappa shape index (κ2) is 7.72. The SMILES string of the molecule is O=[N+]([O-])c1cc(C=Nc2ccc([C@@H]3Nc4ccccc4[C@@H]4C=CC[C@H]43)cc2)ccc1O. The van der Waals surface area contributed by atoms with Crippen LogP contribution in [0.25, 0.3) is 0 Å². The van der Waals surface area contributed by atoms with Crippen molar-refractivity contribution in [3.8, 4) is 5.75 Å². The first-order valence-electron chi connectivity index (χ1n) is 10.2. The number of fused-ring (bicyclic) bond motifs is 3. The second-order valence-corrected chi connectivity index (χ2v) is 7.92. The Morgan fingerprint density at radius 2 is 1.90 bits per heavy atom. The van der Waals surface area contributed by atoms with E-state index in [4.69, 9.17) is 0 Å². The van der Waals surface area contributed by atoms with Gasteiger partial charge in [0.05, 0.1) is 16.7 Å². The molecule has 154 valence electrons. The van der Waals surface area contributed by atoms with Gasteiger partial charge in [-0.1, -0.05) is 42.5 Å². The summed E-state index contributed by atoms with van der Waals surface area (Å²) in [6, 6.07) is 21.0. The van der Waals surface area contributed by atoms with E-state index in [0.29, 0.717) is 17.4 Å². The maximum absolute atomic E-state index is 11.0. The Morgan fingerprint density at radius 1 is 1.10 bits per heavy atom. The molecule has 0 aromatic heterocycles. The Balaban J connectivity index is 1.37. The van der Waals surface area contributed by atoms with Gasteiger partial charge in [0.15, 0.2) is 5.75 Å². The van der Waals surface area contributed by atoms with Crippen molar-refractivity contribution in [3.05, 3.63) is 106 Å². The highest BCUT2D eigenvalue weighted by Crippen LogP contribution is 2.49. The fourth-order valence-corrected chi connectivity index (χ4v) is 4.56. The molecule has 6 heteroatoms. The Hall–Kier alpha value is -3.93. The maximum Gasteiger partial charge on any atom is 0.311 e. The zero-order chi connectivity index (χ0) is 21.4. The van der Waals surface area contributed by atoms with Crippen molar-refractivity contribution in [1.29, 1.82) is 0 Å². The normalized spacial score (nSPS) is 21.5. The molecule has 31 heavy (non-hydrogen) atoms. The van der Waals surface area contributed by atoms with Crippen molar-refractivity contribution in [1.82, 2.24) is 0 Å². The van der Waals surface area contributed by atoms with Gasteiger partial charge in [-0.15, -0.1) is 0 Å². The molecule has 1 heterocycles. The lowest BCUT2D eigenvalue weighted by molar-refractivity contribution is -0.385. The van der Waals surface area contributed by atoms with Crippen LogP contribution in [0.5, 0.6) is 5.75 Å². The number of phenolic OH excluding ortho intramolecular Hbond substituents is 1. The number of nitrogens with zero attached hydrogens (tertiary/aromatic N) is 2. The molecule has 0 fully saturated rings. The molecular formula is C25H21N3O3.